The smallest absolute Gasteiger partial charge is 0.235 e. The number of aryl methyl sites for hydroxylation is 2. The maximum absolute atomic E-state index is 13.9. The van der Waals surface area contributed by atoms with Gasteiger partial charge in [-0.3, -0.25) is 19.1 Å². The maximum Gasteiger partial charge on any atom is 0.235 e. The summed E-state index contributed by atoms with van der Waals surface area (Å²) in [5, 5.41) is 21.5. The highest BCUT2D eigenvalue weighted by Gasteiger charge is 2.56. The van der Waals surface area contributed by atoms with Gasteiger partial charge in [-0.05, 0) is 43.7 Å². The molecular weight excluding hydrogens is 488 g/mol. The zero-order chi connectivity index (χ0) is 27.6. The number of carbonyl (C=O) groups is 3. The summed E-state index contributed by atoms with van der Waals surface area (Å²) in [7, 11) is 4.68. The van der Waals surface area contributed by atoms with Crippen LogP contribution in [-0.4, -0.2) is 52.3 Å². The summed E-state index contributed by atoms with van der Waals surface area (Å²) in [6.07, 6.45) is 1.30. The fourth-order valence-corrected chi connectivity index (χ4v) is 5.33. The van der Waals surface area contributed by atoms with Gasteiger partial charge in [-0.25, -0.2) is 0 Å². The van der Waals surface area contributed by atoms with Crippen LogP contribution in [0.5, 0.6) is 11.5 Å². The van der Waals surface area contributed by atoms with Crippen LogP contribution >= 0.6 is 0 Å². The van der Waals surface area contributed by atoms with Gasteiger partial charge in [0.25, 0.3) is 0 Å². The topological polar surface area (TPSA) is 132 Å². The summed E-state index contributed by atoms with van der Waals surface area (Å²) in [5.74, 6) is -4.18. The molecule has 10 heteroatoms. The zero-order valence-electron chi connectivity index (χ0n) is 22.0. The minimum atomic E-state index is -1.74. The van der Waals surface area contributed by atoms with E-state index in [1.807, 2.05) is 0 Å². The van der Waals surface area contributed by atoms with E-state index in [0.717, 1.165) is 0 Å². The second kappa shape index (κ2) is 10.7. The number of amides is 2. The molecule has 38 heavy (non-hydrogen) atoms. The number of carbonyl (C=O) groups excluding carboxylic acids is 3. The Morgan fingerprint density at radius 2 is 1.53 bits per heavy atom. The average Bonchev–Trinajstić information content (AvgIpc) is 3.20. The normalized spacial score (nSPS) is 23.0. The molecule has 200 valence electrons. The number of aromatic nitrogens is 2. The predicted octanol–water partition coefficient (Wildman–Crippen LogP) is 3.06. The summed E-state index contributed by atoms with van der Waals surface area (Å²) in [6, 6.07) is 13.7. The summed E-state index contributed by atoms with van der Waals surface area (Å²) in [6.45, 7) is 3.19. The lowest BCUT2D eigenvalue weighted by atomic mass is 9.61. The van der Waals surface area contributed by atoms with E-state index in [4.69, 9.17) is 9.47 Å². The Balaban J connectivity index is 1.80. The summed E-state index contributed by atoms with van der Waals surface area (Å²) in [4.78, 5) is 41.1. The fourth-order valence-electron chi connectivity index (χ4n) is 5.33. The van der Waals surface area contributed by atoms with Crippen molar-refractivity contribution in [3.63, 3.8) is 0 Å². The van der Waals surface area contributed by atoms with Gasteiger partial charge in [0.15, 0.2) is 0 Å². The quantitative estimate of drug-likeness (QED) is 0.408. The van der Waals surface area contributed by atoms with Crippen molar-refractivity contribution in [1.29, 1.82) is 0 Å². The van der Waals surface area contributed by atoms with Crippen molar-refractivity contribution in [3.8, 4) is 11.5 Å². The summed E-state index contributed by atoms with van der Waals surface area (Å²) >= 11 is 0. The number of methoxy groups -OCH3 is 2. The zero-order valence-corrected chi connectivity index (χ0v) is 22.0. The third-order valence-corrected chi connectivity index (χ3v) is 6.97. The minimum absolute atomic E-state index is 0.378. The Morgan fingerprint density at radius 3 is 2.03 bits per heavy atom. The van der Waals surface area contributed by atoms with Gasteiger partial charge in [-0.15, -0.1) is 0 Å². The number of benzene rings is 2. The number of Topliss-reactive ketones (excluding diaryl/α,β-unsaturated/α-hetero) is 1. The van der Waals surface area contributed by atoms with Crippen LogP contribution in [-0.2, 0) is 21.4 Å². The number of ketones is 1. The molecule has 1 heterocycles. The van der Waals surface area contributed by atoms with Crippen molar-refractivity contribution in [2.24, 2.45) is 18.9 Å². The van der Waals surface area contributed by atoms with Crippen LogP contribution in [0.3, 0.4) is 0 Å². The van der Waals surface area contributed by atoms with Crippen LogP contribution in [0, 0.1) is 18.8 Å². The lowest BCUT2D eigenvalue weighted by Gasteiger charge is -2.44. The lowest BCUT2D eigenvalue weighted by Crippen LogP contribution is -2.56. The highest BCUT2D eigenvalue weighted by Crippen LogP contribution is 2.47. The first-order valence-electron chi connectivity index (χ1n) is 12.2. The van der Waals surface area contributed by atoms with Gasteiger partial charge in [0, 0.05) is 25.6 Å². The predicted molar refractivity (Wildman–Crippen MR) is 141 cm³/mol. The molecule has 1 aliphatic carbocycles. The third-order valence-electron chi connectivity index (χ3n) is 6.97. The van der Waals surface area contributed by atoms with E-state index in [1.165, 1.54) is 21.1 Å². The van der Waals surface area contributed by atoms with Crippen LogP contribution in [0.2, 0.25) is 0 Å². The molecule has 3 aromatic rings. The number of aliphatic hydroxyl groups is 1. The second-order valence-corrected chi connectivity index (χ2v) is 9.70. The Kier molecular flexibility index (Phi) is 7.54. The molecule has 0 radical (unpaired) electrons. The van der Waals surface area contributed by atoms with E-state index in [-0.39, 0.29) is 6.42 Å². The lowest BCUT2D eigenvalue weighted by molar-refractivity contribution is -0.150. The first-order chi connectivity index (χ1) is 18.1. The standard InChI is InChI=1S/C28H32N4O6/c1-16-17(15-32(3)31-16)23-24(26(34)29-18-10-6-8-12-21(18)37-4)20(33)14-28(2,36)25(23)27(35)30-19-11-7-9-13-22(19)38-5/h6-13,15,23-25,36H,14H2,1-5H3,(H,29,34)(H,30,35). The molecule has 2 aromatic carbocycles. The second-order valence-electron chi connectivity index (χ2n) is 9.70. The number of hydrogen-bond donors (Lipinski definition) is 3. The summed E-state index contributed by atoms with van der Waals surface area (Å²) in [5.41, 5.74) is 0.137. The van der Waals surface area contributed by atoms with Gasteiger partial charge in [0.2, 0.25) is 11.8 Å². The van der Waals surface area contributed by atoms with Crippen molar-refractivity contribution >= 4 is 29.0 Å². The molecule has 4 unspecified atom stereocenters. The molecule has 1 fully saturated rings. The molecule has 2 amide bonds. The third kappa shape index (κ3) is 5.12. The Bertz CT molecular complexity index is 1360. The largest absolute Gasteiger partial charge is 0.495 e. The fraction of sp³-hybridized carbons (Fsp3) is 0.357. The highest BCUT2D eigenvalue weighted by atomic mass is 16.5. The van der Waals surface area contributed by atoms with E-state index < -0.39 is 41.0 Å². The molecule has 0 aliphatic heterocycles. The average molecular weight is 521 g/mol. The van der Waals surface area contributed by atoms with Crippen LogP contribution in [0.15, 0.2) is 54.7 Å². The molecule has 0 saturated heterocycles. The Morgan fingerprint density at radius 1 is 1.00 bits per heavy atom. The maximum atomic E-state index is 13.9. The molecule has 4 atom stereocenters. The Hall–Kier alpha value is -4.18. The van der Waals surface area contributed by atoms with Gasteiger partial charge in [0.1, 0.15) is 23.2 Å². The molecule has 3 N–H and O–H groups in total. The van der Waals surface area contributed by atoms with Gasteiger partial charge in [-0.1, -0.05) is 24.3 Å². The van der Waals surface area contributed by atoms with Crippen molar-refractivity contribution in [2.45, 2.75) is 31.8 Å². The van der Waals surface area contributed by atoms with Gasteiger partial charge < -0.3 is 25.2 Å². The minimum Gasteiger partial charge on any atom is -0.495 e. The number of ether oxygens (including phenoxy) is 2. The number of rotatable bonds is 7. The van der Waals surface area contributed by atoms with Gasteiger partial charge in [-0.2, -0.15) is 5.10 Å². The molecule has 0 bridgehead atoms. The van der Waals surface area contributed by atoms with Crippen LogP contribution in [0.1, 0.15) is 30.5 Å². The number of anilines is 2. The number of nitrogens with zero attached hydrogens (tertiary/aromatic N) is 2. The van der Waals surface area contributed by atoms with Crippen molar-refractivity contribution in [3.05, 3.63) is 66.0 Å². The molecule has 1 aromatic heterocycles. The molecule has 4 rings (SSSR count). The van der Waals surface area contributed by atoms with Gasteiger partial charge in [0.05, 0.1) is 42.8 Å². The first kappa shape index (κ1) is 26.9. The molecule has 10 nitrogen and oxygen atoms in total. The molecule has 1 aliphatic rings. The number of hydrogen-bond acceptors (Lipinski definition) is 7. The SMILES string of the molecule is COc1ccccc1NC(=O)C1C(=O)CC(C)(O)C(C(=O)Nc2ccccc2OC)C1c1cn(C)nc1C. The molecule has 0 spiro atoms. The van der Waals surface area contributed by atoms with Crippen LogP contribution in [0.25, 0.3) is 0 Å². The van der Waals surface area contributed by atoms with E-state index in [0.29, 0.717) is 34.1 Å². The van der Waals surface area contributed by atoms with E-state index in [1.54, 1.807) is 73.4 Å². The van der Waals surface area contributed by atoms with Crippen LogP contribution < -0.4 is 20.1 Å². The van der Waals surface area contributed by atoms with E-state index in [2.05, 4.69) is 15.7 Å². The molecular formula is C28H32N4O6. The summed E-state index contributed by atoms with van der Waals surface area (Å²) < 4.78 is 12.3. The van der Waals surface area contributed by atoms with Gasteiger partial charge >= 0.3 is 0 Å². The van der Waals surface area contributed by atoms with E-state index >= 15 is 0 Å². The molecule has 1 saturated carbocycles. The van der Waals surface area contributed by atoms with Crippen molar-refractivity contribution in [1.82, 2.24) is 9.78 Å². The highest BCUT2D eigenvalue weighted by molar-refractivity contribution is 6.11. The van der Waals surface area contributed by atoms with Crippen molar-refractivity contribution < 1.29 is 29.0 Å². The number of para-hydroxylation sites is 4. The Labute approximate surface area is 220 Å². The van der Waals surface area contributed by atoms with Crippen molar-refractivity contribution in [2.75, 3.05) is 24.9 Å². The number of nitrogens with one attached hydrogen (secondary N) is 2. The first-order valence-corrected chi connectivity index (χ1v) is 12.2. The monoisotopic (exact) mass is 520 g/mol. The van der Waals surface area contributed by atoms with Crippen LogP contribution in [0.4, 0.5) is 11.4 Å². The van der Waals surface area contributed by atoms with E-state index in [9.17, 15) is 19.5 Å².